The van der Waals surface area contributed by atoms with Crippen molar-refractivity contribution in [3.05, 3.63) is 58.0 Å². The number of fused-ring (bicyclic) bond motifs is 1. The molecule has 0 saturated heterocycles. The van der Waals surface area contributed by atoms with Crippen LogP contribution < -0.4 is 10.9 Å². The van der Waals surface area contributed by atoms with Crippen LogP contribution in [0.4, 0.5) is 11.6 Å². The minimum absolute atomic E-state index is 0.0409. The number of hydrogen-bond donors (Lipinski definition) is 1. The molecule has 0 aliphatic heterocycles. The molecule has 3 aromatic rings. The highest BCUT2D eigenvalue weighted by Crippen LogP contribution is 2.31. The zero-order chi connectivity index (χ0) is 23.4. The summed E-state index contributed by atoms with van der Waals surface area (Å²) in [5, 5.41) is 13.2. The summed E-state index contributed by atoms with van der Waals surface area (Å²) in [5.74, 6) is 0.439. The zero-order valence-corrected chi connectivity index (χ0v) is 19.0. The average molecular weight is 445 g/mol. The molecule has 0 amide bonds. The van der Waals surface area contributed by atoms with Crippen molar-refractivity contribution >= 4 is 28.5 Å². The van der Waals surface area contributed by atoms with E-state index in [2.05, 4.69) is 20.2 Å². The molecule has 1 aliphatic carbocycles. The molecule has 0 atom stereocenters. The summed E-state index contributed by atoms with van der Waals surface area (Å²) in [4.78, 5) is 36.6. The first-order valence-corrected chi connectivity index (χ1v) is 11.3. The summed E-state index contributed by atoms with van der Waals surface area (Å²) >= 11 is 0. The summed E-state index contributed by atoms with van der Waals surface area (Å²) in [5.41, 5.74) is 1.68. The summed E-state index contributed by atoms with van der Waals surface area (Å²) < 4.78 is 1.67. The molecular formula is C25H28N6O2. The van der Waals surface area contributed by atoms with Crippen LogP contribution in [0, 0.1) is 11.3 Å². The van der Waals surface area contributed by atoms with Crippen LogP contribution >= 0.6 is 0 Å². The lowest BCUT2D eigenvalue weighted by Crippen LogP contribution is -2.26. The highest BCUT2D eigenvalue weighted by molar-refractivity contribution is 5.97. The van der Waals surface area contributed by atoms with Gasteiger partial charge in [0.2, 0.25) is 5.95 Å². The number of carbonyl (C=O) groups is 1. The van der Waals surface area contributed by atoms with Crippen LogP contribution in [-0.4, -0.2) is 45.9 Å². The van der Waals surface area contributed by atoms with E-state index in [4.69, 9.17) is 0 Å². The first-order chi connectivity index (χ1) is 16.0. The van der Waals surface area contributed by atoms with E-state index in [1.807, 2.05) is 38.4 Å². The third-order valence-corrected chi connectivity index (χ3v) is 6.03. The van der Waals surface area contributed by atoms with Gasteiger partial charge in [-0.15, -0.1) is 0 Å². The van der Waals surface area contributed by atoms with Gasteiger partial charge in [-0.05, 0) is 58.1 Å². The van der Waals surface area contributed by atoms with Crippen molar-refractivity contribution in [2.24, 2.45) is 0 Å². The van der Waals surface area contributed by atoms with Crippen LogP contribution in [0.2, 0.25) is 0 Å². The molecule has 1 saturated carbocycles. The number of nitrogens with one attached hydrogen (secondary N) is 1. The number of anilines is 2. The molecule has 2 heterocycles. The van der Waals surface area contributed by atoms with Crippen LogP contribution in [0.15, 0.2) is 41.3 Å². The molecule has 2 aromatic heterocycles. The molecule has 170 valence electrons. The standard InChI is InChI=1S/C25H28N6O2/c1-30(2)12-6-11-22(32)17-7-5-8-20(14-17)28-25-27-16-19-13-18(15-26)24(33)31(23(19)29-25)21-9-3-4-10-21/h5,7-8,13-14,16,21H,3-4,6,9-12H2,1-2H3,(H,27,28,29). The van der Waals surface area contributed by atoms with Gasteiger partial charge in [0, 0.05) is 35.3 Å². The Kier molecular flexibility index (Phi) is 6.80. The van der Waals surface area contributed by atoms with Crippen LogP contribution in [0.3, 0.4) is 0 Å². The Balaban J connectivity index is 1.62. The molecular weight excluding hydrogens is 416 g/mol. The monoisotopic (exact) mass is 444 g/mol. The first kappa shape index (κ1) is 22.6. The van der Waals surface area contributed by atoms with E-state index in [-0.39, 0.29) is 22.9 Å². The predicted octanol–water partition coefficient (Wildman–Crippen LogP) is 4.05. The molecule has 33 heavy (non-hydrogen) atoms. The SMILES string of the molecule is CN(C)CCCC(=O)c1cccc(Nc2ncc3cc(C#N)c(=O)n(C4CCCC4)c3n2)c1. The fourth-order valence-corrected chi connectivity index (χ4v) is 4.36. The van der Waals surface area contributed by atoms with Crippen molar-refractivity contribution < 1.29 is 4.79 Å². The number of nitriles is 1. The van der Waals surface area contributed by atoms with Gasteiger partial charge in [0.1, 0.15) is 17.3 Å². The molecule has 0 radical (unpaired) electrons. The quantitative estimate of drug-likeness (QED) is 0.523. The van der Waals surface area contributed by atoms with Crippen LogP contribution in [0.25, 0.3) is 11.0 Å². The van der Waals surface area contributed by atoms with Gasteiger partial charge in [0.25, 0.3) is 5.56 Å². The van der Waals surface area contributed by atoms with Gasteiger partial charge >= 0.3 is 0 Å². The van der Waals surface area contributed by atoms with Crippen LogP contribution in [0.5, 0.6) is 0 Å². The molecule has 1 aromatic carbocycles. The Morgan fingerprint density at radius 3 is 2.79 bits per heavy atom. The highest BCUT2D eigenvalue weighted by atomic mass is 16.1. The average Bonchev–Trinajstić information content (AvgIpc) is 3.33. The predicted molar refractivity (Wildman–Crippen MR) is 128 cm³/mol. The molecule has 0 bridgehead atoms. The minimum atomic E-state index is -0.299. The van der Waals surface area contributed by atoms with Crippen molar-refractivity contribution in [1.82, 2.24) is 19.4 Å². The van der Waals surface area contributed by atoms with Crippen LogP contribution in [0.1, 0.15) is 60.5 Å². The van der Waals surface area contributed by atoms with E-state index < -0.39 is 0 Å². The minimum Gasteiger partial charge on any atom is -0.324 e. The number of ketones is 1. The van der Waals surface area contributed by atoms with Crippen LogP contribution in [-0.2, 0) is 0 Å². The molecule has 1 aliphatic rings. The van der Waals surface area contributed by atoms with E-state index in [1.165, 1.54) is 0 Å². The molecule has 4 rings (SSSR count). The molecule has 8 nitrogen and oxygen atoms in total. The van der Waals surface area contributed by atoms with Crippen molar-refractivity contribution in [2.45, 2.75) is 44.6 Å². The van der Waals surface area contributed by atoms with Gasteiger partial charge in [-0.2, -0.15) is 10.2 Å². The number of pyridine rings is 1. The largest absolute Gasteiger partial charge is 0.324 e. The Hall–Kier alpha value is -3.57. The Labute approximate surface area is 192 Å². The van der Waals surface area contributed by atoms with E-state index in [1.54, 1.807) is 22.9 Å². The van der Waals surface area contributed by atoms with Gasteiger partial charge < -0.3 is 10.2 Å². The van der Waals surface area contributed by atoms with Gasteiger partial charge in [-0.25, -0.2) is 4.98 Å². The van der Waals surface area contributed by atoms with Crippen molar-refractivity contribution in [1.29, 1.82) is 5.26 Å². The number of carbonyl (C=O) groups excluding carboxylic acids is 1. The van der Waals surface area contributed by atoms with Gasteiger partial charge in [-0.1, -0.05) is 25.0 Å². The Bertz CT molecular complexity index is 1270. The van der Waals surface area contributed by atoms with Gasteiger partial charge in [0.15, 0.2) is 5.78 Å². The number of rotatable bonds is 8. The molecule has 1 fully saturated rings. The number of benzene rings is 1. The zero-order valence-electron chi connectivity index (χ0n) is 19.0. The topological polar surface area (TPSA) is 104 Å². The van der Waals surface area contributed by atoms with Crippen molar-refractivity contribution in [3.8, 4) is 6.07 Å². The lowest BCUT2D eigenvalue weighted by Gasteiger charge is -2.17. The fourth-order valence-electron chi connectivity index (χ4n) is 4.36. The van der Waals surface area contributed by atoms with E-state index >= 15 is 0 Å². The maximum absolute atomic E-state index is 12.9. The summed E-state index contributed by atoms with van der Waals surface area (Å²) in [7, 11) is 3.98. The smallest absolute Gasteiger partial charge is 0.270 e. The summed E-state index contributed by atoms with van der Waals surface area (Å²) in [6.07, 6.45) is 6.83. The van der Waals surface area contributed by atoms with E-state index in [0.717, 1.165) is 38.6 Å². The molecule has 0 spiro atoms. The number of nitrogens with zero attached hydrogens (tertiary/aromatic N) is 5. The third-order valence-electron chi connectivity index (χ3n) is 6.03. The van der Waals surface area contributed by atoms with Crippen molar-refractivity contribution in [3.63, 3.8) is 0 Å². The Morgan fingerprint density at radius 1 is 1.27 bits per heavy atom. The van der Waals surface area contributed by atoms with Gasteiger partial charge in [0.05, 0.1) is 0 Å². The summed E-state index contributed by atoms with van der Waals surface area (Å²) in [6.45, 7) is 0.866. The third kappa shape index (κ3) is 5.10. The summed E-state index contributed by atoms with van der Waals surface area (Å²) in [6, 6.07) is 10.9. The number of Topliss-reactive ketones (excluding diaryl/α,β-unsaturated/α-hetero) is 1. The second kappa shape index (κ2) is 9.92. The van der Waals surface area contributed by atoms with E-state index in [0.29, 0.717) is 34.7 Å². The van der Waals surface area contributed by atoms with E-state index in [9.17, 15) is 14.9 Å². The maximum atomic E-state index is 12.9. The second-order valence-electron chi connectivity index (χ2n) is 8.79. The molecule has 8 heteroatoms. The second-order valence-corrected chi connectivity index (χ2v) is 8.79. The highest BCUT2D eigenvalue weighted by Gasteiger charge is 2.22. The molecule has 0 unspecified atom stereocenters. The fraction of sp³-hybridized carbons (Fsp3) is 0.400. The lowest BCUT2D eigenvalue weighted by molar-refractivity contribution is 0.0977. The Morgan fingerprint density at radius 2 is 2.06 bits per heavy atom. The normalized spacial score (nSPS) is 14.0. The van der Waals surface area contributed by atoms with Gasteiger partial charge in [-0.3, -0.25) is 14.2 Å². The first-order valence-electron chi connectivity index (χ1n) is 11.3. The maximum Gasteiger partial charge on any atom is 0.270 e. The molecule has 1 N–H and O–H groups in total. The number of aromatic nitrogens is 3. The van der Waals surface area contributed by atoms with Crippen molar-refractivity contribution in [2.75, 3.05) is 26.0 Å². The lowest BCUT2D eigenvalue weighted by atomic mass is 10.1. The number of hydrogen-bond acceptors (Lipinski definition) is 7.